The molecule has 1 atom stereocenters. The Morgan fingerprint density at radius 2 is 1.76 bits per heavy atom. The lowest BCUT2D eigenvalue weighted by Crippen LogP contribution is -2.44. The Labute approximate surface area is 193 Å². The average Bonchev–Trinajstić information content (AvgIpc) is 2.84. The minimum absolute atomic E-state index is 0.0946. The number of likely N-dealkylation sites (tertiary alicyclic amines) is 1. The minimum atomic E-state index is -0.467. The van der Waals surface area contributed by atoms with Crippen LogP contribution in [-0.4, -0.2) is 47.8 Å². The Morgan fingerprint density at radius 1 is 1.03 bits per heavy atom. The number of hydrogen-bond donors (Lipinski definition) is 1. The van der Waals surface area contributed by atoms with E-state index in [1.165, 1.54) is 12.1 Å². The van der Waals surface area contributed by atoms with Crippen LogP contribution in [0.25, 0.3) is 0 Å². The maximum Gasteiger partial charge on any atom is 0.270 e. The summed E-state index contributed by atoms with van der Waals surface area (Å²) in [5.74, 6) is -0.0437. The first kappa shape index (κ1) is 22.8. The van der Waals surface area contributed by atoms with Crippen molar-refractivity contribution < 1.29 is 14.5 Å². The molecule has 4 rings (SSSR count). The number of para-hydroxylation sites is 1. The van der Waals surface area contributed by atoms with Crippen LogP contribution < -0.4 is 10.2 Å². The molecule has 1 unspecified atom stereocenters. The van der Waals surface area contributed by atoms with Crippen LogP contribution in [0.2, 0.25) is 0 Å². The van der Waals surface area contributed by atoms with Crippen LogP contribution in [0.3, 0.4) is 0 Å². The molecule has 33 heavy (non-hydrogen) atoms. The number of piperidine rings is 2. The molecule has 1 N–H and O–H groups in total. The van der Waals surface area contributed by atoms with Crippen molar-refractivity contribution >= 4 is 28.9 Å². The third-order valence-electron chi connectivity index (χ3n) is 6.67. The number of carbonyl (C=O) groups excluding carboxylic acids is 2. The zero-order valence-electron chi connectivity index (χ0n) is 18.9. The molecule has 2 aliphatic rings. The number of non-ortho nitro benzene ring substituents is 1. The Balaban J connectivity index is 1.54. The molecule has 2 aliphatic heterocycles. The van der Waals surface area contributed by atoms with E-state index >= 15 is 0 Å². The highest BCUT2D eigenvalue weighted by atomic mass is 16.6. The quantitative estimate of drug-likeness (QED) is 0.541. The topological polar surface area (TPSA) is 95.8 Å². The van der Waals surface area contributed by atoms with Gasteiger partial charge >= 0.3 is 0 Å². The standard InChI is InChI=1S/C25H30N4O4/c1-18-11-14-27(15-12-18)23-10-9-21(29(32)33)16-22(23)25(31)28-13-5-6-19(17-28)24(30)26-20-7-3-2-4-8-20/h2-4,7-10,16,18-19H,5-6,11-15,17H2,1H3,(H,26,30). The van der Waals surface area contributed by atoms with E-state index in [4.69, 9.17) is 0 Å². The predicted octanol–water partition coefficient (Wildman–Crippen LogP) is 4.32. The first-order chi connectivity index (χ1) is 15.9. The number of rotatable bonds is 5. The van der Waals surface area contributed by atoms with Crippen molar-refractivity contribution in [2.75, 3.05) is 36.4 Å². The molecular formula is C25H30N4O4. The second kappa shape index (κ2) is 10.0. The van der Waals surface area contributed by atoms with Gasteiger partial charge in [-0.15, -0.1) is 0 Å². The monoisotopic (exact) mass is 450 g/mol. The van der Waals surface area contributed by atoms with Gasteiger partial charge in [0.15, 0.2) is 0 Å². The number of nitro benzene ring substituents is 1. The van der Waals surface area contributed by atoms with Gasteiger partial charge in [-0.2, -0.15) is 0 Å². The van der Waals surface area contributed by atoms with Crippen molar-refractivity contribution in [3.8, 4) is 0 Å². The molecule has 2 fully saturated rings. The number of carbonyl (C=O) groups is 2. The van der Waals surface area contributed by atoms with Gasteiger partial charge in [0.25, 0.3) is 11.6 Å². The number of amides is 2. The Hall–Kier alpha value is -3.42. The number of hydrogen-bond acceptors (Lipinski definition) is 5. The highest BCUT2D eigenvalue weighted by molar-refractivity contribution is 6.01. The van der Waals surface area contributed by atoms with Crippen molar-refractivity contribution in [1.29, 1.82) is 0 Å². The van der Waals surface area contributed by atoms with Gasteiger partial charge < -0.3 is 15.1 Å². The first-order valence-corrected chi connectivity index (χ1v) is 11.6. The zero-order valence-corrected chi connectivity index (χ0v) is 18.9. The van der Waals surface area contributed by atoms with Gasteiger partial charge in [0.05, 0.1) is 22.1 Å². The summed E-state index contributed by atoms with van der Waals surface area (Å²) in [6.45, 7) is 4.69. The average molecular weight is 451 g/mol. The molecular weight excluding hydrogens is 420 g/mol. The van der Waals surface area contributed by atoms with Crippen molar-refractivity contribution in [3.63, 3.8) is 0 Å². The van der Waals surface area contributed by atoms with E-state index in [2.05, 4.69) is 17.1 Å². The Morgan fingerprint density at radius 3 is 2.45 bits per heavy atom. The van der Waals surface area contributed by atoms with Gasteiger partial charge in [-0.3, -0.25) is 19.7 Å². The number of benzene rings is 2. The molecule has 8 nitrogen and oxygen atoms in total. The van der Waals surface area contributed by atoms with E-state index in [0.717, 1.165) is 37.3 Å². The Kier molecular flexibility index (Phi) is 6.91. The largest absolute Gasteiger partial charge is 0.371 e. The molecule has 2 amide bonds. The maximum absolute atomic E-state index is 13.6. The molecule has 2 saturated heterocycles. The normalized spacial score (nSPS) is 19.2. The second-order valence-corrected chi connectivity index (χ2v) is 9.07. The molecule has 0 radical (unpaired) electrons. The fourth-order valence-corrected chi connectivity index (χ4v) is 4.65. The molecule has 0 aromatic heterocycles. The van der Waals surface area contributed by atoms with Gasteiger partial charge in [-0.1, -0.05) is 25.1 Å². The first-order valence-electron chi connectivity index (χ1n) is 11.6. The van der Waals surface area contributed by atoms with Crippen molar-refractivity contribution in [2.45, 2.75) is 32.6 Å². The van der Waals surface area contributed by atoms with Crippen LogP contribution in [0.15, 0.2) is 48.5 Å². The van der Waals surface area contributed by atoms with Crippen LogP contribution in [0.5, 0.6) is 0 Å². The van der Waals surface area contributed by atoms with E-state index in [9.17, 15) is 19.7 Å². The summed E-state index contributed by atoms with van der Waals surface area (Å²) in [5, 5.41) is 14.3. The number of anilines is 2. The molecule has 2 aromatic carbocycles. The van der Waals surface area contributed by atoms with Crippen molar-refractivity contribution in [2.24, 2.45) is 11.8 Å². The lowest BCUT2D eigenvalue weighted by Gasteiger charge is -2.35. The SMILES string of the molecule is CC1CCN(c2ccc([N+](=O)[O-])cc2C(=O)N2CCCC(C(=O)Nc3ccccc3)C2)CC1. The number of nitro groups is 1. The molecule has 0 aliphatic carbocycles. The lowest BCUT2D eigenvalue weighted by molar-refractivity contribution is -0.384. The highest BCUT2D eigenvalue weighted by Crippen LogP contribution is 2.31. The van der Waals surface area contributed by atoms with E-state index in [1.807, 2.05) is 30.3 Å². The van der Waals surface area contributed by atoms with Gasteiger partial charge in [-0.05, 0) is 49.8 Å². The molecule has 0 spiro atoms. The summed E-state index contributed by atoms with van der Waals surface area (Å²) in [6, 6.07) is 13.8. The molecule has 0 saturated carbocycles. The van der Waals surface area contributed by atoms with Crippen LogP contribution >= 0.6 is 0 Å². The minimum Gasteiger partial charge on any atom is -0.371 e. The summed E-state index contributed by atoms with van der Waals surface area (Å²) in [7, 11) is 0. The van der Waals surface area contributed by atoms with E-state index in [-0.39, 0.29) is 23.4 Å². The fourth-order valence-electron chi connectivity index (χ4n) is 4.65. The van der Waals surface area contributed by atoms with E-state index < -0.39 is 4.92 Å². The number of nitrogens with one attached hydrogen (secondary N) is 1. The van der Waals surface area contributed by atoms with Crippen molar-refractivity contribution in [1.82, 2.24) is 4.90 Å². The third kappa shape index (κ3) is 5.32. The van der Waals surface area contributed by atoms with Crippen LogP contribution in [0, 0.1) is 22.0 Å². The number of nitrogens with zero attached hydrogens (tertiary/aromatic N) is 3. The predicted molar refractivity (Wildman–Crippen MR) is 127 cm³/mol. The summed E-state index contributed by atoms with van der Waals surface area (Å²) in [4.78, 5) is 41.2. The molecule has 174 valence electrons. The molecule has 0 bridgehead atoms. The van der Waals surface area contributed by atoms with Gasteiger partial charge in [0, 0.05) is 44.0 Å². The van der Waals surface area contributed by atoms with Crippen LogP contribution in [-0.2, 0) is 4.79 Å². The Bertz CT molecular complexity index is 1020. The molecule has 2 heterocycles. The smallest absolute Gasteiger partial charge is 0.270 e. The third-order valence-corrected chi connectivity index (χ3v) is 6.67. The lowest BCUT2D eigenvalue weighted by atomic mass is 9.95. The van der Waals surface area contributed by atoms with Gasteiger partial charge in [0.1, 0.15) is 0 Å². The molecule has 8 heteroatoms. The highest BCUT2D eigenvalue weighted by Gasteiger charge is 2.32. The summed E-state index contributed by atoms with van der Waals surface area (Å²) < 4.78 is 0. The maximum atomic E-state index is 13.6. The van der Waals surface area contributed by atoms with Crippen molar-refractivity contribution in [3.05, 3.63) is 64.2 Å². The fraction of sp³-hybridized carbons (Fsp3) is 0.440. The summed E-state index contributed by atoms with van der Waals surface area (Å²) >= 11 is 0. The van der Waals surface area contributed by atoms with Crippen LogP contribution in [0.4, 0.5) is 17.1 Å². The summed E-state index contributed by atoms with van der Waals surface area (Å²) in [6.07, 6.45) is 3.46. The van der Waals surface area contributed by atoms with E-state index in [1.54, 1.807) is 11.0 Å². The zero-order chi connectivity index (χ0) is 23.4. The second-order valence-electron chi connectivity index (χ2n) is 9.07. The van der Waals surface area contributed by atoms with Gasteiger partial charge in [0.2, 0.25) is 5.91 Å². The van der Waals surface area contributed by atoms with Crippen LogP contribution in [0.1, 0.15) is 43.0 Å². The van der Waals surface area contributed by atoms with Gasteiger partial charge in [-0.25, -0.2) is 0 Å². The molecule has 2 aromatic rings. The summed E-state index contributed by atoms with van der Waals surface area (Å²) in [5.41, 5.74) is 1.73. The van der Waals surface area contributed by atoms with E-state index in [0.29, 0.717) is 37.4 Å².